The van der Waals surface area contributed by atoms with Crippen LogP contribution in [0.5, 0.6) is 0 Å². The topological polar surface area (TPSA) is 64.1 Å². The minimum Gasteiger partial charge on any atom is -0.294 e. The highest BCUT2D eigenvalue weighted by Gasteiger charge is 2.46. The maximum Gasteiger partial charge on any atom is 0.169 e. The molecule has 3 rings (SSSR count). The van der Waals surface area contributed by atoms with Gasteiger partial charge in [-0.05, 0) is 31.7 Å². The molecule has 0 amide bonds. The Morgan fingerprint density at radius 3 is 2.50 bits per heavy atom. The molecule has 0 aliphatic carbocycles. The third-order valence-corrected chi connectivity index (χ3v) is 7.20. The molecule has 2 fully saturated rings. The van der Waals surface area contributed by atoms with Gasteiger partial charge < -0.3 is 0 Å². The molecule has 20 heavy (non-hydrogen) atoms. The predicted molar refractivity (Wildman–Crippen MR) is 71.6 cm³/mol. The van der Waals surface area contributed by atoms with Crippen molar-refractivity contribution in [2.45, 2.75) is 42.6 Å². The summed E-state index contributed by atoms with van der Waals surface area (Å²) in [5.41, 5.74) is 0.0300. The van der Waals surface area contributed by atoms with E-state index in [1.807, 2.05) is 0 Å². The van der Waals surface area contributed by atoms with Gasteiger partial charge in [0, 0.05) is 12.1 Å². The van der Waals surface area contributed by atoms with Crippen LogP contribution in [0.1, 0.15) is 42.5 Å². The van der Waals surface area contributed by atoms with Crippen molar-refractivity contribution in [2.75, 3.05) is 0 Å². The number of aromatic nitrogens is 1. The van der Waals surface area contributed by atoms with Crippen molar-refractivity contribution < 1.29 is 17.6 Å². The van der Waals surface area contributed by atoms with Crippen molar-refractivity contribution in [3.8, 4) is 0 Å². The number of carbonyl (C=O) groups excluding carboxylic acids is 1. The summed E-state index contributed by atoms with van der Waals surface area (Å²) in [4.78, 5) is 16.0. The van der Waals surface area contributed by atoms with E-state index in [1.54, 1.807) is 0 Å². The van der Waals surface area contributed by atoms with Crippen LogP contribution in [0.3, 0.4) is 0 Å². The Bertz CT molecular complexity index is 624. The molecule has 0 saturated carbocycles. The maximum absolute atomic E-state index is 13.6. The lowest BCUT2D eigenvalue weighted by molar-refractivity contribution is 0.0889. The summed E-state index contributed by atoms with van der Waals surface area (Å²) in [7, 11) is -3.08. The second kappa shape index (κ2) is 4.91. The summed E-state index contributed by atoms with van der Waals surface area (Å²) in [6.07, 6.45) is 5.23. The molecular weight excluding hydrogens is 281 g/mol. The summed E-state index contributed by atoms with van der Waals surface area (Å²) in [6.45, 7) is 0. The van der Waals surface area contributed by atoms with Crippen LogP contribution in [-0.4, -0.2) is 29.7 Å². The lowest BCUT2D eigenvalue weighted by Crippen LogP contribution is -2.45. The first-order chi connectivity index (χ1) is 9.50. The van der Waals surface area contributed by atoms with Crippen LogP contribution in [-0.2, 0) is 9.84 Å². The molecule has 3 heterocycles. The lowest BCUT2D eigenvalue weighted by atomic mass is 9.84. The number of nitrogens with zero attached hydrogens (tertiary/aromatic N) is 1. The van der Waals surface area contributed by atoms with Crippen molar-refractivity contribution >= 4 is 15.6 Å². The molecule has 2 bridgehead atoms. The second-order valence-corrected chi connectivity index (χ2v) is 8.16. The maximum atomic E-state index is 13.6. The van der Waals surface area contributed by atoms with E-state index < -0.39 is 26.2 Å². The standard InChI is InChI=1S/C14H16FNO3S/c15-13-8-16-5-4-12(13)14(17)9-6-10-2-1-3-11(7-9)20(10,18)19/h4-5,8-11H,1-3,6-7H2. The van der Waals surface area contributed by atoms with Gasteiger partial charge in [-0.1, -0.05) is 6.42 Å². The Morgan fingerprint density at radius 1 is 1.25 bits per heavy atom. The van der Waals surface area contributed by atoms with Crippen molar-refractivity contribution in [3.05, 3.63) is 29.8 Å². The summed E-state index contributed by atoms with van der Waals surface area (Å²) >= 11 is 0. The molecule has 1 aromatic heterocycles. The van der Waals surface area contributed by atoms with Crippen LogP contribution in [0.2, 0.25) is 0 Å². The Labute approximate surface area is 117 Å². The molecule has 2 atom stereocenters. The van der Waals surface area contributed by atoms with Crippen molar-refractivity contribution in [1.82, 2.24) is 4.98 Å². The van der Waals surface area contributed by atoms with Crippen molar-refractivity contribution in [3.63, 3.8) is 0 Å². The third-order valence-electron chi connectivity index (χ3n) is 4.48. The SMILES string of the molecule is O=C(c1ccncc1F)C1CC2CCCC(C1)S2(=O)=O. The van der Waals surface area contributed by atoms with Gasteiger partial charge in [0.1, 0.15) is 0 Å². The van der Waals surface area contributed by atoms with E-state index in [2.05, 4.69) is 4.98 Å². The molecule has 2 unspecified atom stereocenters. The zero-order chi connectivity index (χ0) is 14.3. The number of hydrogen-bond donors (Lipinski definition) is 0. The first-order valence-electron chi connectivity index (χ1n) is 6.86. The van der Waals surface area contributed by atoms with Crippen LogP contribution in [0.4, 0.5) is 4.39 Å². The Kier molecular flexibility index (Phi) is 3.36. The van der Waals surface area contributed by atoms with Crippen LogP contribution < -0.4 is 0 Å². The number of hydrogen-bond acceptors (Lipinski definition) is 4. The molecule has 4 nitrogen and oxygen atoms in total. The third kappa shape index (κ3) is 2.16. The lowest BCUT2D eigenvalue weighted by Gasteiger charge is -2.38. The molecule has 0 N–H and O–H groups in total. The molecule has 1 aromatic rings. The van der Waals surface area contributed by atoms with E-state index in [4.69, 9.17) is 0 Å². The first-order valence-corrected chi connectivity index (χ1v) is 8.47. The van der Waals surface area contributed by atoms with Gasteiger partial charge in [0.25, 0.3) is 0 Å². The Morgan fingerprint density at radius 2 is 1.90 bits per heavy atom. The molecule has 2 saturated heterocycles. The van der Waals surface area contributed by atoms with E-state index in [0.29, 0.717) is 25.7 Å². The molecule has 2 aliphatic rings. The Balaban J connectivity index is 1.87. The van der Waals surface area contributed by atoms with Gasteiger partial charge in [-0.3, -0.25) is 9.78 Å². The van der Waals surface area contributed by atoms with E-state index in [0.717, 1.165) is 12.6 Å². The highest BCUT2D eigenvalue weighted by molar-refractivity contribution is 7.92. The van der Waals surface area contributed by atoms with Crippen LogP contribution >= 0.6 is 0 Å². The quantitative estimate of drug-likeness (QED) is 0.785. The summed E-state index contributed by atoms with van der Waals surface area (Å²) in [6, 6.07) is 1.37. The zero-order valence-electron chi connectivity index (χ0n) is 11.0. The van der Waals surface area contributed by atoms with E-state index >= 15 is 0 Å². The number of ketones is 1. The number of sulfone groups is 1. The molecule has 108 valence electrons. The fourth-order valence-electron chi connectivity index (χ4n) is 3.42. The molecule has 0 aromatic carbocycles. The van der Waals surface area contributed by atoms with Crippen LogP contribution in [0.25, 0.3) is 0 Å². The minimum absolute atomic E-state index is 0.0300. The zero-order valence-corrected chi connectivity index (χ0v) is 11.8. The van der Waals surface area contributed by atoms with Crippen molar-refractivity contribution in [2.24, 2.45) is 5.92 Å². The number of carbonyl (C=O) groups is 1. The molecule has 2 aliphatic heterocycles. The van der Waals surface area contributed by atoms with E-state index in [-0.39, 0.29) is 17.3 Å². The summed E-state index contributed by atoms with van der Waals surface area (Å²) in [5.74, 6) is -1.29. The smallest absolute Gasteiger partial charge is 0.169 e. The Hall–Kier alpha value is -1.30. The minimum atomic E-state index is -3.08. The van der Waals surface area contributed by atoms with Gasteiger partial charge >= 0.3 is 0 Å². The van der Waals surface area contributed by atoms with Crippen molar-refractivity contribution in [1.29, 1.82) is 0 Å². The van der Waals surface area contributed by atoms with Gasteiger partial charge in [0.2, 0.25) is 0 Å². The average Bonchev–Trinajstić information content (AvgIpc) is 2.37. The largest absolute Gasteiger partial charge is 0.294 e. The van der Waals surface area contributed by atoms with Gasteiger partial charge in [-0.25, -0.2) is 12.8 Å². The number of halogens is 1. The number of rotatable bonds is 2. The number of pyridine rings is 1. The number of fused-ring (bicyclic) bond motifs is 2. The number of Topliss-reactive ketones (excluding diaryl/α,β-unsaturated/α-hetero) is 1. The highest BCUT2D eigenvalue weighted by Crippen LogP contribution is 2.40. The van der Waals surface area contributed by atoms with Gasteiger partial charge in [0.05, 0.1) is 22.3 Å². The fourth-order valence-corrected chi connectivity index (χ4v) is 5.95. The summed E-state index contributed by atoms with van der Waals surface area (Å²) < 4.78 is 38.0. The molecule has 0 spiro atoms. The molecular formula is C14H16FNO3S. The highest BCUT2D eigenvalue weighted by atomic mass is 32.2. The fraction of sp³-hybridized carbons (Fsp3) is 0.571. The first kappa shape index (κ1) is 13.7. The van der Waals surface area contributed by atoms with E-state index in [9.17, 15) is 17.6 Å². The van der Waals surface area contributed by atoms with Gasteiger partial charge in [0.15, 0.2) is 21.4 Å². The molecule has 0 radical (unpaired) electrons. The van der Waals surface area contributed by atoms with Crippen LogP contribution in [0, 0.1) is 11.7 Å². The van der Waals surface area contributed by atoms with Gasteiger partial charge in [-0.2, -0.15) is 0 Å². The second-order valence-electron chi connectivity index (χ2n) is 5.65. The average molecular weight is 297 g/mol. The monoisotopic (exact) mass is 297 g/mol. The van der Waals surface area contributed by atoms with Gasteiger partial charge in [-0.15, -0.1) is 0 Å². The molecule has 6 heteroatoms. The normalized spacial score (nSPS) is 31.8. The summed E-state index contributed by atoms with van der Waals surface area (Å²) in [5, 5.41) is -0.845. The predicted octanol–water partition coefficient (Wildman–Crippen LogP) is 2.15. The van der Waals surface area contributed by atoms with E-state index in [1.165, 1.54) is 12.3 Å². The van der Waals surface area contributed by atoms with Crippen LogP contribution in [0.15, 0.2) is 18.5 Å².